The second-order valence-corrected chi connectivity index (χ2v) is 5.00. The highest BCUT2D eigenvalue weighted by Gasteiger charge is 2.18. The van der Waals surface area contributed by atoms with E-state index >= 15 is 0 Å². The van der Waals surface area contributed by atoms with Crippen LogP contribution in [0.15, 0.2) is 42.5 Å². The molecule has 0 aliphatic heterocycles. The van der Waals surface area contributed by atoms with Crippen molar-refractivity contribution in [1.82, 2.24) is 0 Å². The van der Waals surface area contributed by atoms with Crippen molar-refractivity contribution in [2.24, 2.45) is 0 Å². The first-order chi connectivity index (χ1) is 10.9. The Hall–Kier alpha value is -3.40. The molecule has 0 bridgehead atoms. The SMILES string of the molecule is CN(C)c1ccc([N+](=O)[O-])cc1C(=O)Nc1ccc(C#N)cc1. The molecule has 2 rings (SSSR count). The van der Waals surface area contributed by atoms with Gasteiger partial charge in [0.15, 0.2) is 0 Å². The van der Waals surface area contributed by atoms with Crippen molar-refractivity contribution >= 4 is 23.0 Å². The predicted molar refractivity (Wildman–Crippen MR) is 86.5 cm³/mol. The Balaban J connectivity index is 2.34. The van der Waals surface area contributed by atoms with E-state index in [1.165, 1.54) is 18.2 Å². The molecule has 2 aromatic carbocycles. The molecule has 7 nitrogen and oxygen atoms in total. The maximum Gasteiger partial charge on any atom is 0.270 e. The summed E-state index contributed by atoms with van der Waals surface area (Å²) in [6.07, 6.45) is 0. The Kier molecular flexibility index (Phi) is 4.57. The lowest BCUT2D eigenvalue weighted by atomic mass is 10.1. The third-order valence-corrected chi connectivity index (χ3v) is 3.19. The Morgan fingerprint density at radius 3 is 2.39 bits per heavy atom. The minimum absolute atomic E-state index is 0.152. The van der Waals surface area contributed by atoms with Crippen LogP contribution in [0.2, 0.25) is 0 Å². The molecule has 1 amide bonds. The zero-order valence-corrected chi connectivity index (χ0v) is 12.6. The van der Waals surface area contributed by atoms with E-state index < -0.39 is 10.8 Å². The average molecular weight is 310 g/mol. The maximum atomic E-state index is 12.4. The van der Waals surface area contributed by atoms with Crippen molar-refractivity contribution in [3.05, 3.63) is 63.7 Å². The number of nitrogens with zero attached hydrogens (tertiary/aromatic N) is 3. The molecule has 0 aliphatic carbocycles. The molecule has 0 fully saturated rings. The minimum Gasteiger partial charge on any atom is -0.377 e. The molecule has 2 aromatic rings. The second kappa shape index (κ2) is 6.58. The highest BCUT2D eigenvalue weighted by Crippen LogP contribution is 2.25. The van der Waals surface area contributed by atoms with E-state index in [9.17, 15) is 14.9 Å². The Morgan fingerprint density at radius 1 is 1.22 bits per heavy atom. The van der Waals surface area contributed by atoms with Gasteiger partial charge in [0.2, 0.25) is 0 Å². The minimum atomic E-state index is -0.544. The van der Waals surface area contributed by atoms with Gasteiger partial charge in [-0.05, 0) is 30.3 Å². The number of nitriles is 1. The third-order valence-electron chi connectivity index (χ3n) is 3.19. The van der Waals surface area contributed by atoms with Crippen LogP contribution in [0.3, 0.4) is 0 Å². The number of hydrogen-bond donors (Lipinski definition) is 1. The van der Waals surface area contributed by atoms with Gasteiger partial charge in [-0.1, -0.05) is 0 Å². The van der Waals surface area contributed by atoms with Crippen LogP contribution >= 0.6 is 0 Å². The Morgan fingerprint density at radius 2 is 1.87 bits per heavy atom. The summed E-state index contributed by atoms with van der Waals surface area (Å²) in [4.78, 5) is 24.5. The van der Waals surface area contributed by atoms with Crippen molar-refractivity contribution < 1.29 is 9.72 Å². The quantitative estimate of drug-likeness (QED) is 0.691. The highest BCUT2D eigenvalue weighted by molar-refractivity contribution is 6.08. The number of nitrogens with one attached hydrogen (secondary N) is 1. The van der Waals surface area contributed by atoms with Gasteiger partial charge in [-0.2, -0.15) is 5.26 Å². The summed E-state index contributed by atoms with van der Waals surface area (Å²) in [6, 6.07) is 12.5. The molecule has 0 saturated heterocycles. The van der Waals surface area contributed by atoms with Gasteiger partial charge in [0.25, 0.3) is 11.6 Å². The standard InChI is InChI=1S/C16H14N4O3/c1-19(2)15-8-7-13(20(22)23)9-14(15)16(21)18-12-5-3-11(10-17)4-6-12/h3-9H,1-2H3,(H,18,21). The van der Waals surface area contributed by atoms with Crippen LogP contribution in [0.1, 0.15) is 15.9 Å². The zero-order valence-electron chi connectivity index (χ0n) is 12.6. The van der Waals surface area contributed by atoms with Crippen molar-refractivity contribution in [2.75, 3.05) is 24.3 Å². The Bertz CT molecular complexity index is 792. The molecule has 116 valence electrons. The van der Waals surface area contributed by atoms with E-state index in [1.54, 1.807) is 43.3 Å². The highest BCUT2D eigenvalue weighted by atomic mass is 16.6. The van der Waals surface area contributed by atoms with Crippen molar-refractivity contribution in [3.8, 4) is 6.07 Å². The van der Waals surface area contributed by atoms with E-state index in [4.69, 9.17) is 5.26 Å². The molecule has 0 heterocycles. The van der Waals surface area contributed by atoms with Crippen LogP contribution in [-0.4, -0.2) is 24.9 Å². The van der Waals surface area contributed by atoms with Gasteiger partial charge in [-0.3, -0.25) is 14.9 Å². The maximum absolute atomic E-state index is 12.4. The third kappa shape index (κ3) is 3.63. The molecule has 7 heteroatoms. The van der Waals surface area contributed by atoms with Gasteiger partial charge >= 0.3 is 0 Å². The summed E-state index contributed by atoms with van der Waals surface area (Å²) in [6.45, 7) is 0. The molecule has 0 atom stereocenters. The number of amides is 1. The summed E-state index contributed by atoms with van der Waals surface area (Å²) in [5, 5.41) is 22.4. The normalized spacial score (nSPS) is 9.78. The van der Waals surface area contributed by atoms with Gasteiger partial charge in [0, 0.05) is 37.6 Å². The summed E-state index contributed by atoms with van der Waals surface area (Å²) in [5.74, 6) is -0.456. The van der Waals surface area contributed by atoms with Gasteiger partial charge < -0.3 is 10.2 Å². The van der Waals surface area contributed by atoms with Crippen molar-refractivity contribution in [3.63, 3.8) is 0 Å². The molecule has 0 saturated carbocycles. The number of anilines is 2. The molecule has 0 unspecified atom stereocenters. The van der Waals surface area contributed by atoms with Crippen LogP contribution < -0.4 is 10.2 Å². The van der Waals surface area contributed by atoms with E-state index in [-0.39, 0.29) is 11.3 Å². The van der Waals surface area contributed by atoms with Crippen LogP contribution in [0, 0.1) is 21.4 Å². The molecule has 0 radical (unpaired) electrons. The topological polar surface area (TPSA) is 99.3 Å². The summed E-state index contributed by atoms with van der Waals surface area (Å²) < 4.78 is 0. The fourth-order valence-electron chi connectivity index (χ4n) is 2.04. The van der Waals surface area contributed by atoms with E-state index in [0.29, 0.717) is 16.9 Å². The summed E-state index contributed by atoms with van der Waals surface area (Å²) in [7, 11) is 3.50. The van der Waals surface area contributed by atoms with E-state index in [2.05, 4.69) is 5.32 Å². The largest absolute Gasteiger partial charge is 0.377 e. The number of benzene rings is 2. The monoisotopic (exact) mass is 310 g/mol. The Labute approximate surface area is 132 Å². The average Bonchev–Trinajstić information content (AvgIpc) is 2.54. The number of nitro groups is 1. The molecule has 1 N–H and O–H groups in total. The van der Waals surface area contributed by atoms with E-state index in [0.717, 1.165) is 0 Å². The first kappa shape index (κ1) is 16.0. The fraction of sp³-hybridized carbons (Fsp3) is 0.125. The van der Waals surface area contributed by atoms with Gasteiger partial charge in [0.05, 0.1) is 22.1 Å². The first-order valence-corrected chi connectivity index (χ1v) is 6.69. The summed E-state index contributed by atoms with van der Waals surface area (Å²) in [5.41, 5.74) is 1.61. The van der Waals surface area contributed by atoms with Crippen molar-refractivity contribution in [1.29, 1.82) is 5.26 Å². The number of rotatable bonds is 4. The zero-order chi connectivity index (χ0) is 17.0. The molecular formula is C16H14N4O3. The molecule has 0 spiro atoms. The molecular weight excluding hydrogens is 296 g/mol. The molecule has 23 heavy (non-hydrogen) atoms. The van der Waals surface area contributed by atoms with Gasteiger partial charge in [0.1, 0.15) is 0 Å². The van der Waals surface area contributed by atoms with Crippen LogP contribution in [-0.2, 0) is 0 Å². The second-order valence-electron chi connectivity index (χ2n) is 5.00. The van der Waals surface area contributed by atoms with Crippen molar-refractivity contribution in [2.45, 2.75) is 0 Å². The smallest absolute Gasteiger partial charge is 0.270 e. The predicted octanol–water partition coefficient (Wildman–Crippen LogP) is 2.78. The molecule has 0 aliphatic rings. The van der Waals surface area contributed by atoms with Crippen LogP contribution in [0.5, 0.6) is 0 Å². The lowest BCUT2D eigenvalue weighted by molar-refractivity contribution is -0.384. The van der Waals surface area contributed by atoms with Gasteiger partial charge in [-0.15, -0.1) is 0 Å². The first-order valence-electron chi connectivity index (χ1n) is 6.69. The lowest BCUT2D eigenvalue weighted by Gasteiger charge is -2.17. The summed E-state index contributed by atoms with van der Waals surface area (Å²) >= 11 is 0. The number of hydrogen-bond acceptors (Lipinski definition) is 5. The number of nitro benzene ring substituents is 1. The van der Waals surface area contributed by atoms with Gasteiger partial charge in [-0.25, -0.2) is 0 Å². The number of carbonyl (C=O) groups excluding carboxylic acids is 1. The number of non-ortho nitro benzene ring substituents is 1. The lowest BCUT2D eigenvalue weighted by Crippen LogP contribution is -2.18. The van der Waals surface area contributed by atoms with Crippen LogP contribution in [0.25, 0.3) is 0 Å². The number of carbonyl (C=O) groups is 1. The molecule has 0 aromatic heterocycles. The fourth-order valence-corrected chi connectivity index (χ4v) is 2.04. The van der Waals surface area contributed by atoms with E-state index in [1.807, 2.05) is 6.07 Å². The van der Waals surface area contributed by atoms with Crippen LogP contribution in [0.4, 0.5) is 17.1 Å².